The fourth-order valence-corrected chi connectivity index (χ4v) is 6.06. The number of thioether (sulfide) groups is 1. The standard InChI is InChI=1S/C16H21NO7S/c1-5-23-11(20)7-8(12(21)24-6-2)16(7)13(22)17-9(10(18)19)15(3,4)25-14(16)17/h7-9,14H,5-6H2,1-4H3,(H,18,19)/t7-,8+,9-,14+,16?/m0/s1. The van der Waals surface area contributed by atoms with Crippen molar-refractivity contribution < 1.29 is 33.8 Å². The number of β-lactam (4-membered cyclic amide) rings is 1. The molecule has 0 bridgehead atoms. The molecule has 2 saturated heterocycles. The molecular weight excluding hydrogens is 350 g/mol. The fraction of sp³-hybridized carbons (Fsp3) is 0.750. The quantitative estimate of drug-likeness (QED) is 0.549. The minimum atomic E-state index is -1.23. The number of rotatable bonds is 5. The minimum Gasteiger partial charge on any atom is -0.480 e. The van der Waals surface area contributed by atoms with Gasteiger partial charge in [-0.1, -0.05) is 0 Å². The van der Waals surface area contributed by atoms with E-state index in [9.17, 15) is 24.3 Å². The van der Waals surface area contributed by atoms with Crippen LogP contribution in [0.1, 0.15) is 27.7 Å². The van der Waals surface area contributed by atoms with Gasteiger partial charge in [-0.05, 0) is 27.7 Å². The van der Waals surface area contributed by atoms with E-state index in [1.54, 1.807) is 27.7 Å². The lowest BCUT2D eigenvalue weighted by molar-refractivity contribution is -0.170. The Morgan fingerprint density at radius 2 is 1.60 bits per heavy atom. The summed E-state index contributed by atoms with van der Waals surface area (Å²) in [5, 5.41) is 8.97. The van der Waals surface area contributed by atoms with Gasteiger partial charge < -0.3 is 19.5 Å². The summed E-state index contributed by atoms with van der Waals surface area (Å²) >= 11 is 1.31. The van der Waals surface area contributed by atoms with Crippen molar-refractivity contribution in [3.8, 4) is 0 Å². The number of hydrogen-bond donors (Lipinski definition) is 1. The topological polar surface area (TPSA) is 110 Å². The number of nitrogens with zero attached hydrogens (tertiary/aromatic N) is 1. The first-order valence-corrected chi connectivity index (χ1v) is 9.10. The highest BCUT2D eigenvalue weighted by molar-refractivity contribution is 8.01. The van der Waals surface area contributed by atoms with Gasteiger partial charge >= 0.3 is 17.9 Å². The lowest BCUT2D eigenvalue weighted by Crippen LogP contribution is -2.65. The van der Waals surface area contributed by atoms with E-state index in [-0.39, 0.29) is 13.2 Å². The average Bonchev–Trinajstić information content (AvgIpc) is 3.17. The number of carboxylic acid groups (broad SMARTS) is 1. The maximum Gasteiger partial charge on any atom is 0.327 e. The molecular formula is C16H21NO7S. The first-order chi connectivity index (χ1) is 11.7. The van der Waals surface area contributed by atoms with Gasteiger partial charge in [0.2, 0.25) is 5.91 Å². The first-order valence-electron chi connectivity index (χ1n) is 8.22. The van der Waals surface area contributed by atoms with Crippen molar-refractivity contribution in [3.05, 3.63) is 0 Å². The molecule has 2 aliphatic heterocycles. The zero-order chi connectivity index (χ0) is 18.7. The molecule has 1 aliphatic carbocycles. The summed E-state index contributed by atoms with van der Waals surface area (Å²) in [6.45, 7) is 7.07. The molecule has 3 rings (SSSR count). The molecule has 9 heteroatoms. The summed E-state index contributed by atoms with van der Waals surface area (Å²) in [6, 6.07) is -0.994. The first kappa shape index (κ1) is 18.0. The normalized spacial score (nSPS) is 37.3. The van der Waals surface area contributed by atoms with E-state index in [4.69, 9.17) is 9.47 Å². The second kappa shape index (κ2) is 5.62. The zero-order valence-electron chi connectivity index (χ0n) is 14.5. The molecule has 1 unspecified atom stereocenters. The van der Waals surface area contributed by atoms with Crippen molar-refractivity contribution in [2.75, 3.05) is 13.2 Å². The highest BCUT2D eigenvalue weighted by Gasteiger charge is 2.90. The Balaban J connectivity index is 1.95. The van der Waals surface area contributed by atoms with E-state index in [0.29, 0.717) is 0 Å². The monoisotopic (exact) mass is 371 g/mol. The van der Waals surface area contributed by atoms with Crippen molar-refractivity contribution >= 4 is 35.6 Å². The molecule has 3 fully saturated rings. The number of esters is 2. The van der Waals surface area contributed by atoms with Gasteiger partial charge in [-0.3, -0.25) is 14.4 Å². The lowest BCUT2D eigenvalue weighted by Gasteiger charge is -2.45. The molecule has 3 aliphatic rings. The minimum absolute atomic E-state index is 0.139. The highest BCUT2D eigenvalue weighted by atomic mass is 32.2. The lowest BCUT2D eigenvalue weighted by atomic mass is 9.86. The molecule has 0 aromatic carbocycles. The van der Waals surface area contributed by atoms with E-state index in [0.717, 1.165) is 0 Å². The molecule has 1 spiro atoms. The molecule has 25 heavy (non-hydrogen) atoms. The second-order valence-corrected chi connectivity index (χ2v) is 8.65. The Morgan fingerprint density at radius 3 is 2.00 bits per heavy atom. The van der Waals surface area contributed by atoms with Crippen LogP contribution in [0.4, 0.5) is 0 Å². The Kier molecular flexibility index (Phi) is 4.05. The van der Waals surface area contributed by atoms with Crippen LogP contribution in [0.5, 0.6) is 0 Å². The van der Waals surface area contributed by atoms with E-state index in [1.165, 1.54) is 16.7 Å². The third-order valence-corrected chi connectivity index (χ3v) is 6.86. The van der Waals surface area contributed by atoms with Crippen molar-refractivity contribution in [3.63, 3.8) is 0 Å². The molecule has 8 nitrogen and oxygen atoms in total. The van der Waals surface area contributed by atoms with Crippen LogP contribution >= 0.6 is 11.8 Å². The third kappa shape index (κ3) is 2.14. The molecule has 5 atom stereocenters. The van der Waals surface area contributed by atoms with Crippen molar-refractivity contribution in [2.45, 2.75) is 43.9 Å². The molecule has 1 amide bonds. The molecule has 1 saturated carbocycles. The van der Waals surface area contributed by atoms with Gasteiger partial charge in [0.25, 0.3) is 0 Å². The summed E-state index contributed by atoms with van der Waals surface area (Å²) in [7, 11) is 0. The van der Waals surface area contributed by atoms with Gasteiger partial charge in [0.15, 0.2) is 0 Å². The van der Waals surface area contributed by atoms with Crippen molar-refractivity contribution in [1.29, 1.82) is 0 Å². The number of ether oxygens (including phenoxy) is 2. The number of carboxylic acids is 1. The molecule has 0 radical (unpaired) electrons. The van der Waals surface area contributed by atoms with Crippen LogP contribution in [-0.2, 0) is 28.7 Å². The van der Waals surface area contributed by atoms with Gasteiger partial charge in [-0.2, -0.15) is 0 Å². The number of amides is 1. The summed E-state index contributed by atoms with van der Waals surface area (Å²) in [5.41, 5.74) is -1.23. The summed E-state index contributed by atoms with van der Waals surface area (Å²) < 4.78 is 9.35. The summed E-state index contributed by atoms with van der Waals surface area (Å²) in [6.07, 6.45) is 0. The fourth-order valence-electron chi connectivity index (χ4n) is 4.22. The van der Waals surface area contributed by atoms with Crippen LogP contribution < -0.4 is 0 Å². The molecule has 0 aromatic heterocycles. The molecule has 1 N–H and O–H groups in total. The Labute approximate surface area is 149 Å². The molecule has 138 valence electrons. The smallest absolute Gasteiger partial charge is 0.327 e. The van der Waals surface area contributed by atoms with Crippen LogP contribution in [0.2, 0.25) is 0 Å². The van der Waals surface area contributed by atoms with Crippen molar-refractivity contribution in [2.24, 2.45) is 17.3 Å². The van der Waals surface area contributed by atoms with Crippen LogP contribution in [0.3, 0.4) is 0 Å². The molecule has 0 aromatic rings. The number of carbonyl (C=O) groups is 4. The van der Waals surface area contributed by atoms with E-state index >= 15 is 0 Å². The van der Waals surface area contributed by atoms with Crippen LogP contribution in [-0.4, -0.2) is 63.2 Å². The SMILES string of the molecule is CCOC(=O)[C@@H]1[C@H](C(=O)OCC)C12C(=O)N1[C@@H](C(=O)O)C(C)(C)S[C@@H]12. The third-order valence-electron chi connectivity index (χ3n) is 5.19. The number of aliphatic carboxylic acids is 1. The number of fused-ring (bicyclic) bond motifs is 2. The Morgan fingerprint density at radius 1 is 1.12 bits per heavy atom. The Hall–Kier alpha value is -1.77. The second-order valence-electron chi connectivity index (χ2n) is 6.92. The summed E-state index contributed by atoms with van der Waals surface area (Å²) in [5.74, 6) is -4.59. The number of carbonyl (C=O) groups excluding carboxylic acids is 3. The van der Waals surface area contributed by atoms with Gasteiger partial charge in [0.1, 0.15) is 11.5 Å². The van der Waals surface area contributed by atoms with E-state index < -0.39 is 57.2 Å². The van der Waals surface area contributed by atoms with E-state index in [2.05, 4.69) is 0 Å². The van der Waals surface area contributed by atoms with Crippen molar-refractivity contribution in [1.82, 2.24) is 4.90 Å². The van der Waals surface area contributed by atoms with Gasteiger partial charge in [-0.25, -0.2) is 4.79 Å². The predicted molar refractivity (Wildman–Crippen MR) is 86.4 cm³/mol. The zero-order valence-corrected chi connectivity index (χ0v) is 15.3. The maximum absolute atomic E-state index is 12.9. The maximum atomic E-state index is 12.9. The Bertz CT molecular complexity index is 637. The highest BCUT2D eigenvalue weighted by Crippen LogP contribution is 2.75. The van der Waals surface area contributed by atoms with E-state index in [1.807, 2.05) is 0 Å². The van der Waals surface area contributed by atoms with Crippen LogP contribution in [0.15, 0.2) is 0 Å². The van der Waals surface area contributed by atoms with Crippen LogP contribution in [0, 0.1) is 17.3 Å². The van der Waals surface area contributed by atoms with Gasteiger partial charge in [0.05, 0.1) is 30.4 Å². The van der Waals surface area contributed by atoms with Crippen LogP contribution in [0.25, 0.3) is 0 Å². The van der Waals surface area contributed by atoms with Gasteiger partial charge in [-0.15, -0.1) is 11.8 Å². The summed E-state index contributed by atoms with van der Waals surface area (Å²) in [4.78, 5) is 50.5. The number of hydrogen-bond acceptors (Lipinski definition) is 7. The average molecular weight is 371 g/mol. The predicted octanol–water partition coefficient (Wildman–Crippen LogP) is 0.492. The largest absolute Gasteiger partial charge is 0.480 e. The molecule has 2 heterocycles. The van der Waals surface area contributed by atoms with Gasteiger partial charge in [0, 0.05) is 4.75 Å².